The van der Waals surface area contributed by atoms with Crippen molar-refractivity contribution in [3.05, 3.63) is 33.5 Å². The van der Waals surface area contributed by atoms with Crippen LogP contribution in [0, 0.1) is 6.92 Å². The number of halogens is 6. The second kappa shape index (κ2) is 8.49. The molecule has 0 aliphatic carbocycles. The molecule has 0 bridgehead atoms. The summed E-state index contributed by atoms with van der Waals surface area (Å²) in [6.07, 6.45) is -9.49. The molecule has 2 rings (SSSR count). The van der Waals surface area contributed by atoms with E-state index in [1.807, 2.05) is 24.3 Å². The van der Waals surface area contributed by atoms with Crippen LogP contribution in [0.3, 0.4) is 0 Å². The van der Waals surface area contributed by atoms with E-state index in [0.717, 1.165) is 16.8 Å². The first-order valence-corrected chi connectivity index (χ1v) is 7.68. The molecule has 2 aromatic heterocycles. The second-order valence-corrected chi connectivity index (χ2v) is 6.17. The number of alkyl halides is 6. The van der Waals surface area contributed by atoms with Gasteiger partial charge in [-0.05, 0) is 20.0 Å². The molecular formula is C13H14F6N4O2S. The Morgan fingerprint density at radius 2 is 1.85 bits per heavy atom. The molecule has 0 saturated carbocycles. The molecule has 2 N–H and O–H groups in total. The van der Waals surface area contributed by atoms with Gasteiger partial charge in [-0.15, -0.1) is 11.3 Å². The third-order valence-corrected chi connectivity index (χ3v) is 3.52. The summed E-state index contributed by atoms with van der Waals surface area (Å²) in [5.41, 5.74) is 0.461. The molecule has 0 radical (unpaired) electrons. The molecule has 0 aliphatic heterocycles. The summed E-state index contributed by atoms with van der Waals surface area (Å²) in [5, 5.41) is 15.7. The molecule has 0 spiro atoms. The van der Waals surface area contributed by atoms with Crippen LogP contribution in [0.25, 0.3) is 0 Å². The Hall–Kier alpha value is -2.15. The lowest BCUT2D eigenvalue weighted by molar-refractivity contribution is -0.192. The van der Waals surface area contributed by atoms with Gasteiger partial charge in [0.25, 0.3) is 0 Å². The zero-order valence-corrected chi connectivity index (χ0v) is 14.3. The highest BCUT2D eigenvalue weighted by molar-refractivity contribution is 7.09. The van der Waals surface area contributed by atoms with E-state index in [1.54, 1.807) is 11.3 Å². The number of rotatable bonds is 4. The van der Waals surface area contributed by atoms with Gasteiger partial charge >= 0.3 is 18.3 Å². The maximum Gasteiger partial charge on any atom is 0.490 e. The lowest BCUT2D eigenvalue weighted by Gasteiger charge is -2.13. The molecule has 2 aromatic rings. The first kappa shape index (κ1) is 21.9. The number of aryl methyl sites for hydroxylation is 1. The molecule has 0 saturated heterocycles. The molecule has 0 atom stereocenters. The molecule has 13 heteroatoms. The zero-order chi connectivity index (χ0) is 20.1. The van der Waals surface area contributed by atoms with Crippen LogP contribution in [0.15, 0.2) is 11.4 Å². The Morgan fingerprint density at radius 1 is 1.27 bits per heavy atom. The van der Waals surface area contributed by atoms with E-state index in [9.17, 15) is 26.3 Å². The molecule has 0 fully saturated rings. The first-order chi connectivity index (χ1) is 11.8. The van der Waals surface area contributed by atoms with Crippen LogP contribution in [0.4, 0.5) is 26.3 Å². The number of nitrogens with one attached hydrogen (secondary N) is 1. The number of thiazole rings is 1. The van der Waals surface area contributed by atoms with E-state index in [0.29, 0.717) is 18.8 Å². The van der Waals surface area contributed by atoms with Crippen LogP contribution in [-0.4, -0.2) is 44.4 Å². The average Bonchev–Trinajstić information content (AvgIpc) is 3.07. The van der Waals surface area contributed by atoms with Crippen LogP contribution in [0.2, 0.25) is 0 Å². The van der Waals surface area contributed by atoms with Gasteiger partial charge in [0.1, 0.15) is 0 Å². The number of aromatic nitrogens is 3. The van der Waals surface area contributed by atoms with Gasteiger partial charge in [-0.1, -0.05) is 0 Å². The van der Waals surface area contributed by atoms with Gasteiger partial charge in [0, 0.05) is 24.2 Å². The van der Waals surface area contributed by atoms with Crippen LogP contribution in [-0.2, 0) is 24.1 Å². The molecule has 2 heterocycles. The minimum Gasteiger partial charge on any atom is -0.475 e. The highest BCUT2D eigenvalue weighted by Gasteiger charge is 2.38. The van der Waals surface area contributed by atoms with E-state index in [2.05, 4.69) is 15.2 Å². The normalized spacial score (nSPS) is 12.0. The number of hydrogen-bond acceptors (Lipinski definition) is 5. The first-order valence-electron chi connectivity index (χ1n) is 6.80. The fraction of sp³-hybridized carbons (Fsp3) is 0.462. The van der Waals surface area contributed by atoms with Gasteiger partial charge in [0.15, 0.2) is 5.69 Å². The Morgan fingerprint density at radius 3 is 2.23 bits per heavy atom. The van der Waals surface area contributed by atoms with Gasteiger partial charge in [-0.3, -0.25) is 10.00 Å². The predicted molar refractivity (Wildman–Crippen MR) is 79.3 cm³/mol. The zero-order valence-electron chi connectivity index (χ0n) is 13.4. The van der Waals surface area contributed by atoms with Crippen molar-refractivity contribution in [2.75, 3.05) is 7.05 Å². The molecule has 146 valence electrons. The van der Waals surface area contributed by atoms with Crippen molar-refractivity contribution in [2.45, 2.75) is 32.4 Å². The van der Waals surface area contributed by atoms with Crippen LogP contribution in [0.1, 0.15) is 22.1 Å². The van der Waals surface area contributed by atoms with Gasteiger partial charge in [0.2, 0.25) is 0 Å². The summed E-state index contributed by atoms with van der Waals surface area (Å²) in [5.74, 6) is -2.76. The standard InChI is InChI=1S/C11H13F3N4S.C2HF3O2/c1-7-15-9(6-19-7)5-18(2)4-8-3-10(17-16-8)11(12,13)14;3-2(4,5)1(6)7/h3,6H,4-5H2,1-2H3,(H,16,17);(H,6,7). The molecule has 0 aromatic carbocycles. The van der Waals surface area contributed by atoms with E-state index in [1.165, 1.54) is 0 Å². The molecular weight excluding hydrogens is 390 g/mol. The van der Waals surface area contributed by atoms with E-state index >= 15 is 0 Å². The largest absolute Gasteiger partial charge is 0.490 e. The molecule has 6 nitrogen and oxygen atoms in total. The Kier molecular flexibility index (Phi) is 7.15. The van der Waals surface area contributed by atoms with E-state index < -0.39 is 24.0 Å². The Balaban J connectivity index is 0.000000412. The summed E-state index contributed by atoms with van der Waals surface area (Å²) in [7, 11) is 1.82. The van der Waals surface area contributed by atoms with Crippen molar-refractivity contribution in [2.24, 2.45) is 0 Å². The number of carboxylic acid groups (broad SMARTS) is 1. The number of H-pyrrole nitrogens is 1. The minimum atomic E-state index is -5.08. The fourth-order valence-corrected chi connectivity index (χ4v) is 2.30. The average molecular weight is 404 g/mol. The number of carboxylic acids is 1. The Bertz CT molecular complexity index is 725. The summed E-state index contributed by atoms with van der Waals surface area (Å²) in [6.45, 7) is 2.86. The lowest BCUT2D eigenvalue weighted by Crippen LogP contribution is -2.21. The quantitative estimate of drug-likeness (QED) is 0.763. The van der Waals surface area contributed by atoms with Crippen molar-refractivity contribution < 1.29 is 36.2 Å². The maximum absolute atomic E-state index is 12.4. The van der Waals surface area contributed by atoms with Gasteiger partial charge < -0.3 is 5.11 Å². The van der Waals surface area contributed by atoms with Crippen LogP contribution in [0.5, 0.6) is 0 Å². The maximum atomic E-state index is 12.4. The molecule has 0 amide bonds. The summed E-state index contributed by atoms with van der Waals surface area (Å²) < 4.78 is 68.9. The number of hydrogen-bond donors (Lipinski definition) is 2. The van der Waals surface area contributed by atoms with Crippen molar-refractivity contribution in [3.63, 3.8) is 0 Å². The second-order valence-electron chi connectivity index (χ2n) is 5.11. The minimum absolute atomic E-state index is 0.361. The fourth-order valence-electron chi connectivity index (χ4n) is 1.69. The van der Waals surface area contributed by atoms with Crippen molar-refractivity contribution in [1.82, 2.24) is 20.1 Å². The van der Waals surface area contributed by atoms with E-state index in [-0.39, 0.29) is 0 Å². The van der Waals surface area contributed by atoms with Gasteiger partial charge in [-0.2, -0.15) is 31.4 Å². The van der Waals surface area contributed by atoms with Crippen molar-refractivity contribution >= 4 is 17.3 Å². The highest BCUT2D eigenvalue weighted by Crippen LogP contribution is 2.27. The van der Waals surface area contributed by atoms with Crippen molar-refractivity contribution in [1.29, 1.82) is 0 Å². The van der Waals surface area contributed by atoms with Gasteiger partial charge in [-0.25, -0.2) is 9.78 Å². The van der Waals surface area contributed by atoms with Gasteiger partial charge in [0.05, 0.1) is 10.7 Å². The highest BCUT2D eigenvalue weighted by atomic mass is 32.1. The number of carbonyl (C=O) groups is 1. The third-order valence-electron chi connectivity index (χ3n) is 2.70. The number of aliphatic carboxylic acids is 1. The SMILES string of the molecule is Cc1nc(CN(C)Cc2cc(C(F)(F)F)n[nH]2)cs1.O=C(O)C(F)(F)F. The number of aromatic amines is 1. The summed E-state index contributed by atoms with van der Waals surface area (Å²) >= 11 is 1.55. The van der Waals surface area contributed by atoms with E-state index in [4.69, 9.17) is 9.90 Å². The van der Waals surface area contributed by atoms with Crippen LogP contribution < -0.4 is 0 Å². The smallest absolute Gasteiger partial charge is 0.475 e. The monoisotopic (exact) mass is 404 g/mol. The lowest BCUT2D eigenvalue weighted by atomic mass is 10.3. The van der Waals surface area contributed by atoms with Crippen molar-refractivity contribution in [3.8, 4) is 0 Å². The topological polar surface area (TPSA) is 82.1 Å². The predicted octanol–water partition coefficient (Wildman–Crippen LogP) is 3.46. The molecule has 0 unspecified atom stereocenters. The third kappa shape index (κ3) is 7.39. The number of nitrogens with zero attached hydrogens (tertiary/aromatic N) is 3. The summed E-state index contributed by atoms with van der Waals surface area (Å²) in [6, 6.07) is 1.03. The Labute approximate surface area is 147 Å². The molecule has 26 heavy (non-hydrogen) atoms. The summed E-state index contributed by atoms with van der Waals surface area (Å²) in [4.78, 5) is 15.1. The van der Waals surface area contributed by atoms with Crippen LogP contribution >= 0.6 is 11.3 Å². The molecule has 0 aliphatic rings.